The van der Waals surface area contributed by atoms with Crippen molar-refractivity contribution in [2.45, 2.75) is 32.5 Å². The normalized spacial score (nSPS) is 18.3. The SMILES string of the molecule is CCN1CCN(c2cc(Nc3cc(C)[nH]n3)nc(N[C@H]3CCN(C(=O)c4ccc(C(F)(F)F)cc4F)C3)n2)CC1. The van der Waals surface area contributed by atoms with Crippen molar-refractivity contribution >= 4 is 29.3 Å². The topological polar surface area (TPSA) is 105 Å². The summed E-state index contributed by atoms with van der Waals surface area (Å²) in [7, 11) is 0. The van der Waals surface area contributed by atoms with Crippen LogP contribution in [0, 0.1) is 12.7 Å². The fraction of sp³-hybridized carbons (Fsp3) is 0.462. The minimum Gasteiger partial charge on any atom is -0.354 e. The molecule has 2 fully saturated rings. The number of H-pyrrole nitrogens is 1. The second kappa shape index (κ2) is 11.3. The fourth-order valence-electron chi connectivity index (χ4n) is 4.91. The number of rotatable bonds is 7. The first-order valence-corrected chi connectivity index (χ1v) is 13.2. The van der Waals surface area contributed by atoms with E-state index in [1.54, 1.807) is 0 Å². The van der Waals surface area contributed by atoms with Crippen molar-refractivity contribution in [2.24, 2.45) is 0 Å². The molecule has 0 aliphatic carbocycles. The number of anilines is 4. The molecule has 2 aliphatic rings. The Balaban J connectivity index is 1.30. The van der Waals surface area contributed by atoms with Gasteiger partial charge in [0.15, 0.2) is 5.82 Å². The van der Waals surface area contributed by atoms with Gasteiger partial charge in [-0.1, -0.05) is 6.92 Å². The molecule has 2 saturated heterocycles. The van der Waals surface area contributed by atoms with E-state index in [1.165, 1.54) is 4.90 Å². The molecule has 4 heterocycles. The first kappa shape index (κ1) is 27.6. The average Bonchev–Trinajstić information content (AvgIpc) is 3.56. The number of alkyl halides is 3. The quantitative estimate of drug-likeness (QED) is 0.374. The molecular formula is C26H31F4N9O. The predicted octanol–water partition coefficient (Wildman–Crippen LogP) is 3.88. The Bertz CT molecular complexity index is 1350. The minimum absolute atomic E-state index is 0.226. The Morgan fingerprint density at radius 3 is 2.50 bits per heavy atom. The molecule has 1 amide bonds. The van der Waals surface area contributed by atoms with E-state index in [4.69, 9.17) is 4.98 Å². The van der Waals surface area contributed by atoms with E-state index in [9.17, 15) is 22.4 Å². The molecule has 5 rings (SSSR count). The largest absolute Gasteiger partial charge is 0.416 e. The number of aryl methyl sites for hydroxylation is 1. The number of likely N-dealkylation sites (N-methyl/N-ethyl adjacent to an activating group) is 1. The monoisotopic (exact) mass is 561 g/mol. The van der Waals surface area contributed by atoms with Gasteiger partial charge in [-0.05, 0) is 38.1 Å². The number of likely N-dealkylation sites (tertiary alicyclic amines) is 1. The number of hydrogen-bond donors (Lipinski definition) is 3. The summed E-state index contributed by atoms with van der Waals surface area (Å²) in [6.07, 6.45) is -4.15. The molecule has 1 atom stereocenters. The molecule has 14 heteroatoms. The Labute approximate surface area is 228 Å². The summed E-state index contributed by atoms with van der Waals surface area (Å²) < 4.78 is 53.1. The number of carbonyl (C=O) groups excluding carboxylic acids is 1. The molecule has 214 valence electrons. The van der Waals surface area contributed by atoms with Gasteiger partial charge in [-0.25, -0.2) is 4.39 Å². The van der Waals surface area contributed by atoms with Crippen LogP contribution in [0.2, 0.25) is 0 Å². The van der Waals surface area contributed by atoms with Crippen LogP contribution >= 0.6 is 0 Å². The van der Waals surface area contributed by atoms with Crippen LogP contribution in [0.1, 0.15) is 35.0 Å². The first-order chi connectivity index (χ1) is 19.1. The van der Waals surface area contributed by atoms with Crippen molar-refractivity contribution in [2.75, 3.05) is 61.3 Å². The van der Waals surface area contributed by atoms with Gasteiger partial charge in [-0.2, -0.15) is 28.2 Å². The van der Waals surface area contributed by atoms with Crippen LogP contribution in [0.5, 0.6) is 0 Å². The smallest absolute Gasteiger partial charge is 0.354 e. The zero-order valence-electron chi connectivity index (χ0n) is 22.2. The molecule has 0 radical (unpaired) electrons. The predicted molar refractivity (Wildman–Crippen MR) is 142 cm³/mol. The number of carbonyl (C=O) groups is 1. The molecule has 1 aromatic carbocycles. The second-order valence-corrected chi connectivity index (χ2v) is 9.99. The third kappa shape index (κ3) is 6.27. The van der Waals surface area contributed by atoms with E-state index in [0.717, 1.165) is 56.4 Å². The lowest BCUT2D eigenvalue weighted by molar-refractivity contribution is -0.137. The highest BCUT2D eigenvalue weighted by molar-refractivity contribution is 5.94. The first-order valence-electron chi connectivity index (χ1n) is 13.2. The third-order valence-corrected chi connectivity index (χ3v) is 7.15. The number of benzene rings is 1. The van der Waals surface area contributed by atoms with E-state index in [2.05, 4.69) is 42.5 Å². The number of piperazine rings is 1. The number of nitrogens with one attached hydrogen (secondary N) is 3. The van der Waals surface area contributed by atoms with Gasteiger partial charge < -0.3 is 25.3 Å². The lowest BCUT2D eigenvalue weighted by atomic mass is 10.1. The number of aromatic amines is 1. The molecule has 2 aromatic heterocycles. The highest BCUT2D eigenvalue weighted by Crippen LogP contribution is 2.31. The number of aromatic nitrogens is 4. The Morgan fingerprint density at radius 1 is 1.07 bits per heavy atom. The van der Waals surface area contributed by atoms with Gasteiger partial charge in [0.25, 0.3) is 5.91 Å². The Hall–Kier alpha value is -3.94. The van der Waals surface area contributed by atoms with E-state index in [-0.39, 0.29) is 18.2 Å². The highest BCUT2D eigenvalue weighted by atomic mass is 19.4. The van der Waals surface area contributed by atoms with Crippen LogP contribution in [0.4, 0.5) is 41.0 Å². The molecule has 3 N–H and O–H groups in total. The molecule has 0 unspecified atom stereocenters. The van der Waals surface area contributed by atoms with Crippen LogP contribution in [0.3, 0.4) is 0 Å². The number of amides is 1. The number of hydrogen-bond acceptors (Lipinski definition) is 8. The van der Waals surface area contributed by atoms with Gasteiger partial charge in [0.2, 0.25) is 5.95 Å². The van der Waals surface area contributed by atoms with Crippen molar-refractivity contribution in [3.63, 3.8) is 0 Å². The van der Waals surface area contributed by atoms with Crippen molar-refractivity contribution in [1.82, 2.24) is 30.0 Å². The van der Waals surface area contributed by atoms with Crippen LogP contribution in [0.15, 0.2) is 30.3 Å². The average molecular weight is 562 g/mol. The van der Waals surface area contributed by atoms with Crippen molar-refractivity contribution in [3.05, 3.63) is 53.0 Å². The third-order valence-electron chi connectivity index (χ3n) is 7.15. The molecule has 10 nitrogen and oxygen atoms in total. The standard InChI is InChI=1S/C26H31F4N9O/c1-3-37-8-10-38(11-9-37)23-14-21(32-22-12-16(2)35-36-22)33-25(34-23)31-18-6-7-39(15-18)24(40)19-5-4-17(13-20(19)27)26(28,29)30/h4-5,12-14,18H,3,6-11,15H2,1-2H3,(H3,31,32,33,34,35,36)/t18-/m0/s1. The summed E-state index contributed by atoms with van der Waals surface area (Å²) in [5, 5.41) is 13.6. The van der Waals surface area contributed by atoms with Gasteiger partial charge in [-0.3, -0.25) is 9.89 Å². The Morgan fingerprint density at radius 2 is 1.85 bits per heavy atom. The maximum atomic E-state index is 14.4. The lowest BCUT2D eigenvalue weighted by Crippen LogP contribution is -2.46. The Kier molecular flexibility index (Phi) is 7.79. The van der Waals surface area contributed by atoms with Gasteiger partial charge in [0, 0.05) is 63.1 Å². The summed E-state index contributed by atoms with van der Waals surface area (Å²) in [6.45, 7) is 9.03. The highest BCUT2D eigenvalue weighted by Gasteiger charge is 2.33. The molecule has 0 bridgehead atoms. The fourth-order valence-corrected chi connectivity index (χ4v) is 4.91. The maximum Gasteiger partial charge on any atom is 0.416 e. The molecule has 3 aromatic rings. The molecular weight excluding hydrogens is 530 g/mol. The summed E-state index contributed by atoms with van der Waals surface area (Å²) in [5.74, 6) is 0.427. The van der Waals surface area contributed by atoms with Crippen LogP contribution < -0.4 is 15.5 Å². The summed E-state index contributed by atoms with van der Waals surface area (Å²) in [6, 6.07) is 5.46. The van der Waals surface area contributed by atoms with Crippen molar-refractivity contribution in [1.29, 1.82) is 0 Å². The van der Waals surface area contributed by atoms with E-state index in [1.807, 2.05) is 19.1 Å². The van der Waals surface area contributed by atoms with Crippen molar-refractivity contribution in [3.8, 4) is 0 Å². The lowest BCUT2D eigenvalue weighted by Gasteiger charge is -2.35. The van der Waals surface area contributed by atoms with Gasteiger partial charge in [-0.15, -0.1) is 0 Å². The van der Waals surface area contributed by atoms with Crippen LogP contribution in [-0.2, 0) is 6.18 Å². The zero-order chi connectivity index (χ0) is 28.4. The van der Waals surface area contributed by atoms with Gasteiger partial charge in [0.05, 0.1) is 11.1 Å². The van der Waals surface area contributed by atoms with E-state index in [0.29, 0.717) is 36.6 Å². The zero-order valence-corrected chi connectivity index (χ0v) is 22.2. The molecule has 2 aliphatic heterocycles. The number of halogens is 4. The van der Waals surface area contributed by atoms with Crippen LogP contribution in [0.25, 0.3) is 0 Å². The summed E-state index contributed by atoms with van der Waals surface area (Å²) in [5.41, 5.74) is -0.630. The van der Waals surface area contributed by atoms with E-state index < -0.39 is 23.5 Å². The number of nitrogens with zero attached hydrogens (tertiary/aromatic N) is 6. The molecule has 0 saturated carbocycles. The summed E-state index contributed by atoms with van der Waals surface area (Å²) in [4.78, 5) is 28.2. The maximum absolute atomic E-state index is 14.4. The molecule has 40 heavy (non-hydrogen) atoms. The minimum atomic E-state index is -4.69. The second-order valence-electron chi connectivity index (χ2n) is 9.99. The van der Waals surface area contributed by atoms with E-state index >= 15 is 0 Å². The van der Waals surface area contributed by atoms with Crippen LogP contribution in [-0.4, -0.2) is 87.7 Å². The summed E-state index contributed by atoms with van der Waals surface area (Å²) >= 11 is 0. The van der Waals surface area contributed by atoms with Crippen molar-refractivity contribution < 1.29 is 22.4 Å². The van der Waals surface area contributed by atoms with Gasteiger partial charge >= 0.3 is 6.18 Å². The molecule has 0 spiro atoms. The van der Waals surface area contributed by atoms with Gasteiger partial charge in [0.1, 0.15) is 17.5 Å².